The number of ether oxygens (including phenoxy) is 3. The molecule has 3 rings (SSSR count). The predicted octanol–water partition coefficient (Wildman–Crippen LogP) is 2.96. The van der Waals surface area contributed by atoms with Crippen LogP contribution in [0, 0.1) is 0 Å². The Labute approximate surface area is 195 Å². The summed E-state index contributed by atoms with van der Waals surface area (Å²) in [6, 6.07) is 13.0. The van der Waals surface area contributed by atoms with Gasteiger partial charge >= 0.3 is 0 Å². The average molecular weight is 456 g/mol. The fourth-order valence-electron chi connectivity index (χ4n) is 3.78. The Hall–Kier alpha value is -3.42. The number of hydrogen-bond acceptors (Lipinski definition) is 6. The van der Waals surface area contributed by atoms with Gasteiger partial charge in [-0.25, -0.2) is 0 Å². The molecule has 2 aromatic rings. The fourth-order valence-corrected chi connectivity index (χ4v) is 3.78. The Balaban J connectivity index is 1.53. The lowest BCUT2D eigenvalue weighted by Gasteiger charge is -2.24. The summed E-state index contributed by atoms with van der Waals surface area (Å²) in [5.74, 6) is 1.53. The summed E-state index contributed by atoms with van der Waals surface area (Å²) >= 11 is 0. The van der Waals surface area contributed by atoms with Crippen molar-refractivity contribution in [1.82, 2.24) is 10.2 Å². The van der Waals surface area contributed by atoms with Crippen LogP contribution in [-0.4, -0.2) is 69.8 Å². The van der Waals surface area contributed by atoms with Crippen molar-refractivity contribution < 1.29 is 23.8 Å². The van der Waals surface area contributed by atoms with Gasteiger partial charge in [-0.05, 0) is 62.7 Å². The Morgan fingerprint density at radius 3 is 2.33 bits per heavy atom. The predicted molar refractivity (Wildman–Crippen MR) is 128 cm³/mol. The maximum Gasteiger partial charge on any atom is 0.251 e. The van der Waals surface area contributed by atoms with Crippen LogP contribution in [0.1, 0.15) is 30.6 Å². The van der Waals surface area contributed by atoms with Crippen molar-refractivity contribution in [2.24, 2.45) is 0 Å². The number of nitrogens with zero attached hydrogens (tertiary/aromatic N) is 2. The molecule has 8 heteroatoms. The quantitative estimate of drug-likeness (QED) is 0.626. The van der Waals surface area contributed by atoms with E-state index in [1.165, 1.54) is 0 Å². The first-order chi connectivity index (χ1) is 16.0. The maximum absolute atomic E-state index is 12.8. The summed E-state index contributed by atoms with van der Waals surface area (Å²) in [7, 11) is 1.65. The standard InChI is InChI=1S/C25H33N3O5/c1-4-32-22-12-7-19(17-23(22)33-5-2)25(30)26-18-24(29)28-14-6-13-27(15-16-28)20-8-10-21(31-3)11-9-20/h7-12,17H,4-6,13-16,18H2,1-3H3,(H,26,30). The molecular formula is C25H33N3O5. The third kappa shape index (κ3) is 6.54. The number of carbonyl (C=O) groups excluding carboxylic acids is 2. The summed E-state index contributed by atoms with van der Waals surface area (Å²) in [5, 5.41) is 2.74. The number of carbonyl (C=O) groups is 2. The number of nitrogens with one attached hydrogen (secondary N) is 1. The van der Waals surface area contributed by atoms with E-state index in [4.69, 9.17) is 14.2 Å². The van der Waals surface area contributed by atoms with Crippen molar-refractivity contribution >= 4 is 17.5 Å². The highest BCUT2D eigenvalue weighted by Crippen LogP contribution is 2.28. The highest BCUT2D eigenvalue weighted by molar-refractivity contribution is 5.97. The lowest BCUT2D eigenvalue weighted by Crippen LogP contribution is -2.42. The minimum absolute atomic E-state index is 0.0431. The van der Waals surface area contributed by atoms with Gasteiger partial charge in [-0.15, -0.1) is 0 Å². The van der Waals surface area contributed by atoms with Crippen LogP contribution in [-0.2, 0) is 4.79 Å². The summed E-state index contributed by atoms with van der Waals surface area (Å²) in [6.07, 6.45) is 0.863. The summed E-state index contributed by atoms with van der Waals surface area (Å²) in [4.78, 5) is 29.4. The largest absolute Gasteiger partial charge is 0.497 e. The summed E-state index contributed by atoms with van der Waals surface area (Å²) < 4.78 is 16.3. The second-order valence-corrected chi connectivity index (χ2v) is 7.63. The molecule has 8 nitrogen and oxygen atoms in total. The van der Waals surface area contributed by atoms with E-state index >= 15 is 0 Å². The molecule has 2 aromatic carbocycles. The number of hydrogen-bond donors (Lipinski definition) is 1. The minimum Gasteiger partial charge on any atom is -0.497 e. The lowest BCUT2D eigenvalue weighted by molar-refractivity contribution is -0.129. The maximum atomic E-state index is 12.8. The molecule has 1 saturated heterocycles. The van der Waals surface area contributed by atoms with Crippen molar-refractivity contribution in [1.29, 1.82) is 0 Å². The molecule has 1 heterocycles. The van der Waals surface area contributed by atoms with Gasteiger partial charge in [-0.3, -0.25) is 9.59 Å². The third-order valence-electron chi connectivity index (χ3n) is 5.49. The molecule has 0 saturated carbocycles. The molecule has 0 bridgehead atoms. The molecule has 0 unspecified atom stereocenters. The molecule has 0 spiro atoms. The van der Waals surface area contributed by atoms with Gasteiger partial charge in [0.25, 0.3) is 5.91 Å². The van der Waals surface area contributed by atoms with Gasteiger partial charge in [0.05, 0.1) is 26.9 Å². The normalized spacial score (nSPS) is 13.8. The zero-order valence-electron chi connectivity index (χ0n) is 19.6. The lowest BCUT2D eigenvalue weighted by atomic mass is 10.2. The van der Waals surface area contributed by atoms with Gasteiger partial charge in [0.15, 0.2) is 11.5 Å². The monoisotopic (exact) mass is 455 g/mol. The molecule has 1 N–H and O–H groups in total. The molecule has 0 aromatic heterocycles. The van der Waals surface area contributed by atoms with E-state index in [1.54, 1.807) is 25.3 Å². The molecule has 0 aliphatic carbocycles. The van der Waals surface area contributed by atoms with E-state index in [9.17, 15) is 9.59 Å². The second-order valence-electron chi connectivity index (χ2n) is 7.63. The van der Waals surface area contributed by atoms with Crippen LogP contribution in [0.4, 0.5) is 5.69 Å². The van der Waals surface area contributed by atoms with Crippen molar-refractivity contribution in [3.63, 3.8) is 0 Å². The van der Waals surface area contributed by atoms with Crippen LogP contribution in [0.25, 0.3) is 0 Å². The van der Waals surface area contributed by atoms with Crippen LogP contribution in [0.5, 0.6) is 17.2 Å². The highest BCUT2D eigenvalue weighted by atomic mass is 16.5. The highest BCUT2D eigenvalue weighted by Gasteiger charge is 2.20. The zero-order valence-corrected chi connectivity index (χ0v) is 19.6. The van der Waals surface area contributed by atoms with E-state index in [0.29, 0.717) is 43.4 Å². The van der Waals surface area contributed by atoms with Crippen LogP contribution in [0.2, 0.25) is 0 Å². The van der Waals surface area contributed by atoms with Crippen molar-refractivity contribution in [2.45, 2.75) is 20.3 Å². The smallest absolute Gasteiger partial charge is 0.251 e. The molecule has 2 amide bonds. The van der Waals surface area contributed by atoms with Crippen LogP contribution in [0.15, 0.2) is 42.5 Å². The van der Waals surface area contributed by atoms with Gasteiger partial charge in [-0.1, -0.05) is 0 Å². The van der Waals surface area contributed by atoms with Crippen molar-refractivity contribution in [3.8, 4) is 17.2 Å². The Morgan fingerprint density at radius 1 is 0.909 bits per heavy atom. The van der Waals surface area contributed by atoms with Crippen LogP contribution >= 0.6 is 0 Å². The zero-order chi connectivity index (χ0) is 23.6. The molecule has 1 aliphatic heterocycles. The van der Waals surface area contributed by atoms with Gasteiger partial charge in [0.2, 0.25) is 5.91 Å². The Bertz CT molecular complexity index is 932. The summed E-state index contributed by atoms with van der Waals surface area (Å²) in [5.41, 5.74) is 1.54. The van der Waals surface area contributed by atoms with E-state index in [0.717, 1.165) is 30.9 Å². The molecular weight excluding hydrogens is 422 g/mol. The molecule has 0 atom stereocenters. The SMILES string of the molecule is CCOc1ccc(C(=O)NCC(=O)N2CCCN(c3ccc(OC)cc3)CC2)cc1OCC. The first kappa shape index (κ1) is 24.2. The van der Waals surface area contributed by atoms with E-state index < -0.39 is 0 Å². The molecule has 0 radical (unpaired) electrons. The average Bonchev–Trinajstić information content (AvgIpc) is 3.10. The van der Waals surface area contributed by atoms with Crippen molar-refractivity contribution in [2.75, 3.05) is 57.9 Å². The second kappa shape index (κ2) is 12.0. The number of benzene rings is 2. The summed E-state index contributed by atoms with van der Waals surface area (Å²) in [6.45, 7) is 7.57. The third-order valence-corrected chi connectivity index (χ3v) is 5.49. The number of methoxy groups -OCH3 is 1. The topological polar surface area (TPSA) is 80.3 Å². The number of rotatable bonds is 9. The van der Waals surface area contributed by atoms with Crippen LogP contribution < -0.4 is 24.4 Å². The number of anilines is 1. The molecule has 178 valence electrons. The van der Waals surface area contributed by atoms with E-state index in [1.807, 2.05) is 43.0 Å². The van der Waals surface area contributed by atoms with E-state index in [-0.39, 0.29) is 18.4 Å². The molecule has 1 aliphatic rings. The first-order valence-electron chi connectivity index (χ1n) is 11.4. The fraction of sp³-hybridized carbons (Fsp3) is 0.440. The van der Waals surface area contributed by atoms with Gasteiger partial charge < -0.3 is 29.3 Å². The first-order valence-corrected chi connectivity index (χ1v) is 11.4. The Morgan fingerprint density at radius 2 is 1.64 bits per heavy atom. The number of amides is 2. The van der Waals surface area contributed by atoms with E-state index in [2.05, 4.69) is 10.2 Å². The Kier molecular flexibility index (Phi) is 8.80. The molecule has 33 heavy (non-hydrogen) atoms. The van der Waals surface area contributed by atoms with Crippen molar-refractivity contribution in [3.05, 3.63) is 48.0 Å². The van der Waals surface area contributed by atoms with Gasteiger partial charge in [-0.2, -0.15) is 0 Å². The minimum atomic E-state index is -0.318. The van der Waals surface area contributed by atoms with Crippen LogP contribution in [0.3, 0.4) is 0 Å². The molecule has 1 fully saturated rings. The van der Waals surface area contributed by atoms with Gasteiger partial charge in [0, 0.05) is 37.4 Å². The van der Waals surface area contributed by atoms with Gasteiger partial charge in [0.1, 0.15) is 5.75 Å².